The van der Waals surface area contributed by atoms with Gasteiger partial charge in [-0.2, -0.15) is 5.10 Å². The molecule has 0 radical (unpaired) electrons. The number of piperazine rings is 1. The Hall–Kier alpha value is -4.01. The van der Waals surface area contributed by atoms with Crippen LogP contribution in [0.5, 0.6) is 5.75 Å². The van der Waals surface area contributed by atoms with Gasteiger partial charge in [0, 0.05) is 48.1 Å². The summed E-state index contributed by atoms with van der Waals surface area (Å²) >= 11 is 6.04. The van der Waals surface area contributed by atoms with Crippen molar-refractivity contribution in [3.8, 4) is 28.3 Å². The molecule has 0 unspecified atom stereocenters. The summed E-state index contributed by atoms with van der Waals surface area (Å²) in [4.78, 5) is 17.2. The van der Waals surface area contributed by atoms with E-state index in [4.69, 9.17) is 16.3 Å². The maximum atomic E-state index is 12.5. The first-order valence-electron chi connectivity index (χ1n) is 12.1. The van der Waals surface area contributed by atoms with Crippen molar-refractivity contribution in [1.29, 1.82) is 0 Å². The monoisotopic (exact) mass is 516 g/mol. The first-order chi connectivity index (χ1) is 18.0. The Morgan fingerprint density at radius 2 is 1.62 bits per heavy atom. The zero-order valence-electron chi connectivity index (χ0n) is 20.8. The van der Waals surface area contributed by atoms with E-state index >= 15 is 0 Å². The molecule has 37 heavy (non-hydrogen) atoms. The lowest BCUT2D eigenvalue weighted by atomic mass is 10.1. The smallest absolute Gasteiger partial charge is 0.323 e. The van der Waals surface area contributed by atoms with Crippen LogP contribution in [0, 0.1) is 0 Å². The Balaban J connectivity index is 1.21. The van der Waals surface area contributed by atoms with E-state index in [0.717, 1.165) is 48.7 Å². The van der Waals surface area contributed by atoms with E-state index in [-0.39, 0.29) is 0 Å². The van der Waals surface area contributed by atoms with Crippen LogP contribution >= 0.6 is 11.6 Å². The number of ether oxygens (including phenoxy) is 1. The molecule has 190 valence electrons. The van der Waals surface area contributed by atoms with Crippen LogP contribution in [-0.4, -0.2) is 61.5 Å². The Kier molecular flexibility index (Phi) is 7.30. The highest BCUT2D eigenvalue weighted by molar-refractivity contribution is 6.31. The number of aromatic nitrogens is 2. The number of likely N-dealkylation sites (N-methyl/N-ethyl adjacent to an activating group) is 1. The number of H-pyrrole nitrogens is 1. The minimum Gasteiger partial charge on any atom is -0.495 e. The van der Waals surface area contributed by atoms with Gasteiger partial charge in [0.15, 0.2) is 0 Å². The summed E-state index contributed by atoms with van der Waals surface area (Å²) in [6.07, 6.45) is 0. The van der Waals surface area contributed by atoms with Crippen LogP contribution in [0.25, 0.3) is 22.5 Å². The van der Waals surface area contributed by atoms with Crippen molar-refractivity contribution in [2.45, 2.75) is 0 Å². The summed E-state index contributed by atoms with van der Waals surface area (Å²) in [5.41, 5.74) is 6.21. The topological polar surface area (TPSA) is 85.5 Å². The zero-order chi connectivity index (χ0) is 25.8. The molecule has 5 rings (SSSR count). The lowest BCUT2D eigenvalue weighted by Crippen LogP contribution is -2.44. The molecule has 1 saturated heterocycles. The molecule has 4 aromatic rings. The molecular formula is C28H29ClN6O2. The van der Waals surface area contributed by atoms with Gasteiger partial charge in [0.2, 0.25) is 0 Å². The van der Waals surface area contributed by atoms with E-state index in [0.29, 0.717) is 22.1 Å². The summed E-state index contributed by atoms with van der Waals surface area (Å²) in [5, 5.41) is 13.7. The van der Waals surface area contributed by atoms with Gasteiger partial charge in [0.1, 0.15) is 5.75 Å². The Morgan fingerprint density at radius 3 is 2.32 bits per heavy atom. The van der Waals surface area contributed by atoms with Crippen molar-refractivity contribution in [2.75, 3.05) is 55.9 Å². The van der Waals surface area contributed by atoms with Crippen LogP contribution in [0.15, 0.2) is 72.8 Å². The van der Waals surface area contributed by atoms with E-state index in [2.05, 4.69) is 61.9 Å². The van der Waals surface area contributed by atoms with E-state index in [1.807, 2.05) is 30.3 Å². The van der Waals surface area contributed by atoms with Gasteiger partial charge < -0.3 is 25.2 Å². The Bertz CT molecular complexity index is 1360. The predicted molar refractivity (Wildman–Crippen MR) is 150 cm³/mol. The first-order valence-corrected chi connectivity index (χ1v) is 12.5. The van der Waals surface area contributed by atoms with Crippen molar-refractivity contribution in [2.24, 2.45) is 0 Å². The van der Waals surface area contributed by atoms with E-state index in [1.165, 1.54) is 12.8 Å². The molecule has 0 saturated carbocycles. The molecular weight excluding hydrogens is 488 g/mol. The normalized spacial score (nSPS) is 13.9. The van der Waals surface area contributed by atoms with Crippen LogP contribution in [0.2, 0.25) is 5.02 Å². The van der Waals surface area contributed by atoms with Crippen LogP contribution in [0.1, 0.15) is 0 Å². The number of amides is 2. The van der Waals surface area contributed by atoms with Gasteiger partial charge in [0.05, 0.1) is 24.2 Å². The van der Waals surface area contributed by atoms with Gasteiger partial charge in [-0.25, -0.2) is 4.79 Å². The first kappa shape index (κ1) is 24.7. The SMILES string of the molecule is COc1ccc(Cl)cc1NC(=O)Nc1ccc(-c2cc(-c3ccc(N4CCN(C)CC4)cc3)n[nH]2)cc1. The number of halogens is 1. The lowest BCUT2D eigenvalue weighted by molar-refractivity contribution is 0.262. The summed E-state index contributed by atoms with van der Waals surface area (Å²) in [5.74, 6) is 0.527. The fraction of sp³-hybridized carbons (Fsp3) is 0.214. The lowest BCUT2D eigenvalue weighted by Gasteiger charge is -2.34. The summed E-state index contributed by atoms with van der Waals surface area (Å²) in [7, 11) is 3.70. The number of rotatable bonds is 6. The number of nitrogens with zero attached hydrogens (tertiary/aromatic N) is 3. The number of carbonyl (C=O) groups is 1. The highest BCUT2D eigenvalue weighted by Crippen LogP contribution is 2.29. The van der Waals surface area contributed by atoms with Gasteiger partial charge in [-0.3, -0.25) is 5.10 Å². The molecule has 1 aromatic heterocycles. The average Bonchev–Trinajstić information content (AvgIpc) is 3.40. The average molecular weight is 517 g/mol. The van der Waals surface area contributed by atoms with Crippen LogP contribution < -0.4 is 20.3 Å². The number of hydrogen-bond acceptors (Lipinski definition) is 5. The number of anilines is 3. The minimum absolute atomic E-state index is 0.392. The molecule has 2 heterocycles. The quantitative estimate of drug-likeness (QED) is 0.301. The molecule has 0 atom stereocenters. The van der Waals surface area contributed by atoms with Gasteiger partial charge in [0.25, 0.3) is 0 Å². The Morgan fingerprint density at radius 1 is 0.919 bits per heavy atom. The molecule has 0 spiro atoms. The second kappa shape index (κ2) is 10.9. The molecule has 0 aliphatic carbocycles. The molecule has 2 amide bonds. The molecule has 1 aliphatic rings. The largest absolute Gasteiger partial charge is 0.495 e. The molecule has 0 bridgehead atoms. The van der Waals surface area contributed by atoms with Gasteiger partial charge in [-0.05, 0) is 61.1 Å². The second-order valence-electron chi connectivity index (χ2n) is 9.01. The van der Waals surface area contributed by atoms with Crippen molar-refractivity contribution < 1.29 is 9.53 Å². The van der Waals surface area contributed by atoms with Crippen molar-refractivity contribution in [3.05, 3.63) is 77.8 Å². The highest BCUT2D eigenvalue weighted by Gasteiger charge is 2.15. The number of aromatic amines is 1. The zero-order valence-corrected chi connectivity index (χ0v) is 21.5. The van der Waals surface area contributed by atoms with E-state index < -0.39 is 6.03 Å². The van der Waals surface area contributed by atoms with Crippen LogP contribution in [-0.2, 0) is 0 Å². The Labute approximate surface area is 221 Å². The van der Waals surface area contributed by atoms with E-state index in [9.17, 15) is 4.79 Å². The predicted octanol–water partition coefficient (Wildman–Crippen LogP) is 5.80. The second-order valence-corrected chi connectivity index (χ2v) is 9.44. The van der Waals surface area contributed by atoms with Crippen LogP contribution in [0.3, 0.4) is 0 Å². The number of hydrogen-bond donors (Lipinski definition) is 3. The fourth-order valence-corrected chi connectivity index (χ4v) is 4.49. The van der Waals surface area contributed by atoms with Gasteiger partial charge >= 0.3 is 6.03 Å². The number of methoxy groups -OCH3 is 1. The highest BCUT2D eigenvalue weighted by atomic mass is 35.5. The third-order valence-electron chi connectivity index (χ3n) is 6.47. The number of urea groups is 1. The fourth-order valence-electron chi connectivity index (χ4n) is 4.32. The third kappa shape index (κ3) is 5.87. The summed E-state index contributed by atoms with van der Waals surface area (Å²) < 4.78 is 5.27. The number of nitrogens with one attached hydrogen (secondary N) is 3. The molecule has 1 aliphatic heterocycles. The number of benzene rings is 3. The minimum atomic E-state index is -0.392. The van der Waals surface area contributed by atoms with Crippen LogP contribution in [0.4, 0.5) is 21.9 Å². The molecule has 1 fully saturated rings. The molecule has 8 nitrogen and oxygen atoms in total. The molecule has 9 heteroatoms. The van der Waals surface area contributed by atoms with Crippen molar-refractivity contribution in [1.82, 2.24) is 15.1 Å². The standard InChI is InChI=1S/C28H29ClN6O2/c1-34-13-15-35(16-14-34)23-10-5-20(6-11-23)25-18-24(32-33-25)19-3-8-22(9-4-19)30-28(36)31-26-17-21(29)7-12-27(26)37-2/h3-12,17-18H,13-16H2,1-2H3,(H,32,33)(H2,30,31,36). The maximum absolute atomic E-state index is 12.5. The van der Waals surface area contributed by atoms with Gasteiger partial charge in [-0.15, -0.1) is 0 Å². The summed E-state index contributed by atoms with van der Waals surface area (Å²) in [6, 6.07) is 22.8. The van der Waals surface area contributed by atoms with Crippen molar-refractivity contribution >= 4 is 34.7 Å². The maximum Gasteiger partial charge on any atom is 0.323 e. The third-order valence-corrected chi connectivity index (χ3v) is 6.71. The summed E-state index contributed by atoms with van der Waals surface area (Å²) in [6.45, 7) is 4.26. The van der Waals surface area contributed by atoms with Crippen molar-refractivity contribution in [3.63, 3.8) is 0 Å². The van der Waals surface area contributed by atoms with E-state index in [1.54, 1.807) is 18.2 Å². The van der Waals surface area contributed by atoms with Gasteiger partial charge in [-0.1, -0.05) is 35.9 Å². The molecule has 3 N–H and O–H groups in total. The number of carbonyl (C=O) groups excluding carboxylic acids is 1. The molecule has 3 aromatic carbocycles.